The molecule has 0 spiro atoms. The summed E-state index contributed by atoms with van der Waals surface area (Å²) in [5.74, 6) is 5.59. The number of halogens is 3. The highest BCUT2D eigenvalue weighted by atomic mass is 32.1. The molecule has 3 aromatic rings. The van der Waals surface area contributed by atoms with Gasteiger partial charge in [0.2, 0.25) is 0 Å². The molecule has 1 aromatic carbocycles. The van der Waals surface area contributed by atoms with Gasteiger partial charge in [0, 0.05) is 25.6 Å². The molecule has 0 atom stereocenters. The van der Waals surface area contributed by atoms with E-state index in [0.29, 0.717) is 23.6 Å². The number of rotatable bonds is 6. The van der Waals surface area contributed by atoms with Crippen LogP contribution in [0.3, 0.4) is 0 Å². The van der Waals surface area contributed by atoms with Gasteiger partial charge in [0.15, 0.2) is 0 Å². The first-order valence-corrected chi connectivity index (χ1v) is 9.65. The summed E-state index contributed by atoms with van der Waals surface area (Å²) in [4.78, 5) is 17.4. The maximum Gasteiger partial charge on any atom is 0.421 e. The molecule has 29 heavy (non-hydrogen) atoms. The number of pyridine rings is 1. The lowest BCUT2D eigenvalue weighted by atomic mass is 10.1. The Balaban J connectivity index is 1.77. The van der Waals surface area contributed by atoms with Gasteiger partial charge in [-0.25, -0.2) is 4.98 Å². The summed E-state index contributed by atoms with van der Waals surface area (Å²) >= 11 is 1.39. The minimum atomic E-state index is -4.67. The van der Waals surface area contributed by atoms with Gasteiger partial charge in [-0.3, -0.25) is 4.79 Å². The van der Waals surface area contributed by atoms with Gasteiger partial charge in [0.1, 0.15) is 5.56 Å². The average Bonchev–Trinajstić information content (AvgIpc) is 3.05. The molecule has 0 aliphatic rings. The number of hydrazone groups is 1. The van der Waals surface area contributed by atoms with Crippen LogP contribution < -0.4 is 11.4 Å². The van der Waals surface area contributed by atoms with E-state index in [4.69, 9.17) is 5.84 Å². The normalized spacial score (nSPS) is 12.3. The first-order valence-electron chi connectivity index (χ1n) is 8.83. The second kappa shape index (κ2) is 8.60. The van der Waals surface area contributed by atoms with Crippen LogP contribution in [-0.2, 0) is 25.6 Å². The molecule has 9 heteroatoms. The van der Waals surface area contributed by atoms with E-state index >= 15 is 0 Å². The second-order valence-corrected chi connectivity index (χ2v) is 7.51. The number of nitrogens with zero attached hydrogens (tertiary/aromatic N) is 3. The van der Waals surface area contributed by atoms with Crippen molar-refractivity contribution in [3.05, 3.63) is 85.7 Å². The summed E-state index contributed by atoms with van der Waals surface area (Å²) in [7, 11) is 0. The smallest absolute Gasteiger partial charge is 0.323 e. The van der Waals surface area contributed by atoms with Crippen molar-refractivity contribution >= 4 is 17.0 Å². The lowest BCUT2D eigenvalue weighted by Crippen LogP contribution is -2.28. The topological polar surface area (TPSA) is 73.3 Å². The Bertz CT molecular complexity index is 1070. The Morgan fingerprint density at radius 1 is 1.21 bits per heavy atom. The Kier molecular flexibility index (Phi) is 6.17. The van der Waals surface area contributed by atoms with E-state index in [2.05, 4.69) is 10.1 Å². The molecule has 0 saturated carbocycles. The van der Waals surface area contributed by atoms with Gasteiger partial charge in [-0.2, -0.15) is 18.3 Å². The number of benzene rings is 1. The molecule has 0 amide bonds. The zero-order valence-electron chi connectivity index (χ0n) is 15.6. The van der Waals surface area contributed by atoms with Crippen LogP contribution in [0.4, 0.5) is 13.2 Å². The van der Waals surface area contributed by atoms with Crippen molar-refractivity contribution in [2.75, 3.05) is 0 Å². The number of thiazole rings is 1. The predicted octanol–water partition coefficient (Wildman–Crippen LogP) is 3.78. The molecule has 0 radical (unpaired) electrons. The molecule has 5 nitrogen and oxygen atoms in total. The maximum absolute atomic E-state index is 12.9. The maximum atomic E-state index is 12.9. The second-order valence-electron chi connectivity index (χ2n) is 6.43. The Morgan fingerprint density at radius 2 is 1.93 bits per heavy atom. The van der Waals surface area contributed by atoms with Crippen molar-refractivity contribution < 1.29 is 13.2 Å². The van der Waals surface area contributed by atoms with E-state index in [1.807, 2.05) is 37.3 Å². The van der Waals surface area contributed by atoms with Crippen LogP contribution in [0.2, 0.25) is 0 Å². The van der Waals surface area contributed by atoms with E-state index in [0.717, 1.165) is 26.8 Å². The minimum Gasteiger partial charge on any atom is -0.323 e. The van der Waals surface area contributed by atoms with E-state index in [9.17, 15) is 18.0 Å². The summed E-state index contributed by atoms with van der Waals surface area (Å²) in [6.45, 7) is 1.94. The fraction of sp³-hybridized carbons (Fsp3) is 0.250. The van der Waals surface area contributed by atoms with Gasteiger partial charge in [-0.05, 0) is 24.6 Å². The monoisotopic (exact) mass is 420 g/mol. The standard InChI is InChI=1S/C20H19F3N4OS/c1-13-18(16(26-24)12-14-6-3-2-4-7-14)29-17(25-13)9-11-27-10-5-8-15(19(27)28)20(21,22)23/h2-8,10H,9,11-12,24H2,1H3/b26-16-. The molecule has 2 N–H and O–H groups in total. The van der Waals surface area contributed by atoms with Gasteiger partial charge in [0.25, 0.3) is 5.56 Å². The van der Waals surface area contributed by atoms with Crippen molar-refractivity contribution in [2.24, 2.45) is 10.9 Å². The molecule has 0 aliphatic carbocycles. The van der Waals surface area contributed by atoms with Gasteiger partial charge < -0.3 is 10.4 Å². The van der Waals surface area contributed by atoms with Gasteiger partial charge in [0.05, 0.1) is 21.3 Å². The summed E-state index contributed by atoms with van der Waals surface area (Å²) in [5.41, 5.74) is 0.273. The summed E-state index contributed by atoms with van der Waals surface area (Å²) in [6.07, 6.45) is -2.45. The minimum absolute atomic E-state index is 0.100. The average molecular weight is 420 g/mol. The zero-order chi connectivity index (χ0) is 21.0. The molecule has 0 aliphatic heterocycles. The SMILES string of the molecule is Cc1nc(CCn2cccc(C(F)(F)F)c2=O)sc1/C(Cc1ccccc1)=N\N. The van der Waals surface area contributed by atoms with Gasteiger partial charge in [-0.15, -0.1) is 11.3 Å². The first kappa shape index (κ1) is 20.8. The van der Waals surface area contributed by atoms with Crippen LogP contribution in [0.25, 0.3) is 0 Å². The third-order valence-corrected chi connectivity index (χ3v) is 5.63. The number of nitrogens with two attached hydrogens (primary N) is 1. The van der Waals surface area contributed by atoms with Crippen molar-refractivity contribution in [1.82, 2.24) is 9.55 Å². The Morgan fingerprint density at radius 3 is 2.59 bits per heavy atom. The summed E-state index contributed by atoms with van der Waals surface area (Å²) in [6, 6.07) is 11.8. The summed E-state index contributed by atoms with van der Waals surface area (Å²) < 4.78 is 39.8. The third kappa shape index (κ3) is 4.92. The number of hydrogen-bond acceptors (Lipinski definition) is 5. The van der Waals surface area contributed by atoms with E-state index in [1.165, 1.54) is 23.6 Å². The third-order valence-electron chi connectivity index (χ3n) is 4.37. The fourth-order valence-corrected chi connectivity index (χ4v) is 3.99. The van der Waals surface area contributed by atoms with E-state index < -0.39 is 17.3 Å². The van der Waals surface area contributed by atoms with Crippen molar-refractivity contribution in [1.29, 1.82) is 0 Å². The molecule has 0 bridgehead atoms. The van der Waals surface area contributed by atoms with Crippen LogP contribution >= 0.6 is 11.3 Å². The Hall–Kier alpha value is -2.94. The molecule has 0 fully saturated rings. The van der Waals surface area contributed by atoms with Gasteiger partial charge in [-0.1, -0.05) is 30.3 Å². The highest BCUT2D eigenvalue weighted by molar-refractivity contribution is 7.13. The van der Waals surface area contributed by atoms with E-state index in [1.54, 1.807) is 0 Å². The van der Waals surface area contributed by atoms with Crippen LogP contribution in [0.15, 0.2) is 58.6 Å². The van der Waals surface area contributed by atoms with Crippen LogP contribution in [0.1, 0.15) is 26.7 Å². The Labute approximate surface area is 169 Å². The molecule has 2 heterocycles. The lowest BCUT2D eigenvalue weighted by molar-refractivity contribution is -0.139. The van der Waals surface area contributed by atoms with Crippen molar-refractivity contribution in [2.45, 2.75) is 32.5 Å². The number of alkyl halides is 3. The quantitative estimate of drug-likeness (QED) is 0.375. The molecular weight excluding hydrogens is 401 g/mol. The lowest BCUT2D eigenvalue weighted by Gasteiger charge is -2.09. The predicted molar refractivity (Wildman–Crippen MR) is 107 cm³/mol. The number of aromatic nitrogens is 2. The highest BCUT2D eigenvalue weighted by Crippen LogP contribution is 2.26. The molecular formula is C20H19F3N4OS. The van der Waals surface area contributed by atoms with Crippen LogP contribution in [-0.4, -0.2) is 15.3 Å². The van der Waals surface area contributed by atoms with Crippen molar-refractivity contribution in [3.63, 3.8) is 0 Å². The first-order chi connectivity index (χ1) is 13.8. The molecule has 152 valence electrons. The summed E-state index contributed by atoms with van der Waals surface area (Å²) in [5, 5.41) is 4.61. The number of hydrogen-bond donors (Lipinski definition) is 1. The van der Waals surface area contributed by atoms with E-state index in [-0.39, 0.29) is 6.54 Å². The molecule has 0 saturated heterocycles. The molecule has 3 rings (SSSR count). The highest BCUT2D eigenvalue weighted by Gasteiger charge is 2.34. The van der Waals surface area contributed by atoms with Crippen LogP contribution in [0, 0.1) is 6.92 Å². The van der Waals surface area contributed by atoms with Crippen molar-refractivity contribution in [3.8, 4) is 0 Å². The number of aryl methyl sites for hydroxylation is 3. The fourth-order valence-electron chi connectivity index (χ4n) is 2.95. The zero-order valence-corrected chi connectivity index (χ0v) is 16.4. The van der Waals surface area contributed by atoms with Crippen LogP contribution in [0.5, 0.6) is 0 Å². The molecule has 2 aromatic heterocycles. The molecule has 0 unspecified atom stereocenters. The largest absolute Gasteiger partial charge is 0.421 e. The van der Waals surface area contributed by atoms with Gasteiger partial charge >= 0.3 is 6.18 Å².